The molecule has 0 heterocycles. The number of hydrogen-bond donors (Lipinski definition) is 2. The van der Waals surface area contributed by atoms with Gasteiger partial charge in [0, 0.05) is 17.6 Å². The second-order valence-corrected chi connectivity index (χ2v) is 6.45. The molecular weight excluding hydrogens is 268 g/mol. The van der Waals surface area contributed by atoms with E-state index in [1.165, 1.54) is 16.7 Å². The summed E-state index contributed by atoms with van der Waals surface area (Å²) < 4.78 is 0. The molecule has 2 aromatic rings. The Morgan fingerprint density at radius 3 is 1.86 bits per heavy atom. The Bertz CT molecular complexity index is 655. The molecule has 2 aromatic carbocycles. The third-order valence-corrected chi connectivity index (χ3v) is 5.08. The van der Waals surface area contributed by atoms with Gasteiger partial charge in [0.1, 0.15) is 0 Å². The van der Waals surface area contributed by atoms with E-state index in [1.807, 2.05) is 12.1 Å². The van der Waals surface area contributed by atoms with Crippen LogP contribution in [0.1, 0.15) is 25.3 Å². The highest BCUT2D eigenvalue weighted by Crippen LogP contribution is 2.37. The largest absolute Gasteiger partial charge is 0.399 e. The first-order chi connectivity index (χ1) is 10.6. The summed E-state index contributed by atoms with van der Waals surface area (Å²) in [6.07, 6.45) is 4.43. The van der Waals surface area contributed by atoms with Gasteiger partial charge < -0.3 is 11.5 Å². The van der Waals surface area contributed by atoms with Crippen molar-refractivity contribution in [3.63, 3.8) is 0 Å². The van der Waals surface area contributed by atoms with E-state index in [0.717, 1.165) is 5.69 Å². The van der Waals surface area contributed by atoms with Crippen LogP contribution in [0.3, 0.4) is 0 Å². The summed E-state index contributed by atoms with van der Waals surface area (Å²) in [6.45, 7) is 4.54. The van der Waals surface area contributed by atoms with Crippen molar-refractivity contribution in [1.29, 1.82) is 0 Å². The number of hydrogen-bond acceptors (Lipinski definition) is 2. The van der Waals surface area contributed by atoms with Crippen molar-refractivity contribution in [2.75, 3.05) is 5.73 Å². The van der Waals surface area contributed by atoms with Crippen LogP contribution in [0.5, 0.6) is 0 Å². The quantitative estimate of drug-likeness (QED) is 0.644. The fraction of sp³-hybridized carbons (Fsp3) is 0.300. The van der Waals surface area contributed by atoms with E-state index in [1.54, 1.807) is 0 Å². The van der Waals surface area contributed by atoms with Gasteiger partial charge in [0.2, 0.25) is 0 Å². The van der Waals surface area contributed by atoms with Crippen molar-refractivity contribution in [3.05, 3.63) is 66.2 Å². The normalized spacial score (nSPS) is 27.8. The molecule has 1 aliphatic carbocycles. The summed E-state index contributed by atoms with van der Waals surface area (Å²) in [4.78, 5) is 0. The summed E-state index contributed by atoms with van der Waals surface area (Å²) in [5.41, 5.74) is 16.5. The molecule has 0 saturated carbocycles. The highest BCUT2D eigenvalue weighted by atomic mass is 14.6. The maximum absolute atomic E-state index is 6.12. The van der Waals surface area contributed by atoms with Crippen LogP contribution < -0.4 is 11.5 Å². The SMILES string of the molecule is CC1C(N)C=CC(c2ccc(-c3ccc(N)cc3)cc2)C1C. The van der Waals surface area contributed by atoms with Gasteiger partial charge in [-0.3, -0.25) is 0 Å². The highest BCUT2D eigenvalue weighted by molar-refractivity contribution is 5.65. The van der Waals surface area contributed by atoms with Gasteiger partial charge in [-0.15, -0.1) is 0 Å². The van der Waals surface area contributed by atoms with Gasteiger partial charge in [0.15, 0.2) is 0 Å². The predicted molar refractivity (Wildman–Crippen MR) is 94.5 cm³/mol. The molecule has 2 nitrogen and oxygen atoms in total. The van der Waals surface area contributed by atoms with E-state index in [0.29, 0.717) is 17.8 Å². The molecule has 114 valence electrons. The van der Waals surface area contributed by atoms with Gasteiger partial charge in [0.25, 0.3) is 0 Å². The van der Waals surface area contributed by atoms with Crippen LogP contribution in [0.4, 0.5) is 5.69 Å². The lowest BCUT2D eigenvalue weighted by molar-refractivity contribution is 0.313. The molecule has 0 radical (unpaired) electrons. The fourth-order valence-electron chi connectivity index (χ4n) is 3.26. The maximum atomic E-state index is 6.12. The second kappa shape index (κ2) is 5.98. The van der Waals surface area contributed by atoms with Gasteiger partial charge >= 0.3 is 0 Å². The van der Waals surface area contributed by atoms with Crippen molar-refractivity contribution in [2.24, 2.45) is 17.6 Å². The molecule has 0 bridgehead atoms. The van der Waals surface area contributed by atoms with Gasteiger partial charge in [0.05, 0.1) is 0 Å². The fourth-order valence-corrected chi connectivity index (χ4v) is 3.26. The van der Waals surface area contributed by atoms with E-state index in [4.69, 9.17) is 11.5 Å². The number of allylic oxidation sites excluding steroid dienone is 1. The lowest BCUT2D eigenvalue weighted by atomic mass is 9.73. The van der Waals surface area contributed by atoms with Crippen LogP contribution in [-0.4, -0.2) is 6.04 Å². The van der Waals surface area contributed by atoms with Crippen molar-refractivity contribution >= 4 is 5.69 Å². The number of nitrogen functional groups attached to an aromatic ring is 1. The van der Waals surface area contributed by atoms with Crippen LogP contribution in [0.25, 0.3) is 11.1 Å². The van der Waals surface area contributed by atoms with Crippen molar-refractivity contribution in [2.45, 2.75) is 25.8 Å². The summed E-state index contributed by atoms with van der Waals surface area (Å²) in [5, 5.41) is 0. The zero-order valence-electron chi connectivity index (χ0n) is 13.2. The average molecular weight is 292 g/mol. The average Bonchev–Trinajstić information content (AvgIpc) is 2.54. The second-order valence-electron chi connectivity index (χ2n) is 6.45. The number of benzene rings is 2. The van der Waals surface area contributed by atoms with Gasteiger partial charge in [-0.1, -0.05) is 62.4 Å². The molecule has 3 rings (SSSR count). The molecule has 0 fully saturated rings. The number of nitrogens with two attached hydrogens (primary N) is 2. The molecule has 1 aliphatic rings. The molecular formula is C20H24N2. The van der Waals surface area contributed by atoms with Crippen LogP contribution in [0.2, 0.25) is 0 Å². The van der Waals surface area contributed by atoms with E-state index >= 15 is 0 Å². The minimum absolute atomic E-state index is 0.181. The van der Waals surface area contributed by atoms with Crippen LogP contribution in [-0.2, 0) is 0 Å². The standard InChI is InChI=1S/C20H24N2/c1-13-14(2)20(22)12-11-19(13)17-5-3-15(4-6-17)16-7-9-18(21)10-8-16/h3-14,19-20H,21-22H2,1-2H3. The zero-order valence-corrected chi connectivity index (χ0v) is 13.2. The van der Waals surface area contributed by atoms with E-state index in [2.05, 4.69) is 62.4 Å². The van der Waals surface area contributed by atoms with Crippen LogP contribution in [0, 0.1) is 11.8 Å². The first kappa shape index (κ1) is 14.9. The molecule has 4 N–H and O–H groups in total. The van der Waals surface area contributed by atoms with Crippen molar-refractivity contribution in [1.82, 2.24) is 0 Å². The Labute approximate surface area is 132 Å². The Kier molecular flexibility index (Phi) is 4.04. The molecule has 4 atom stereocenters. The van der Waals surface area contributed by atoms with Crippen molar-refractivity contribution < 1.29 is 0 Å². The topological polar surface area (TPSA) is 52.0 Å². The van der Waals surface area contributed by atoms with E-state index < -0.39 is 0 Å². The minimum atomic E-state index is 0.181. The van der Waals surface area contributed by atoms with Crippen LogP contribution in [0.15, 0.2) is 60.7 Å². The Morgan fingerprint density at radius 1 is 0.727 bits per heavy atom. The monoisotopic (exact) mass is 292 g/mol. The molecule has 0 amide bonds. The molecule has 22 heavy (non-hydrogen) atoms. The molecule has 4 unspecified atom stereocenters. The van der Waals surface area contributed by atoms with E-state index in [9.17, 15) is 0 Å². The van der Waals surface area contributed by atoms with Gasteiger partial charge in [-0.25, -0.2) is 0 Å². The first-order valence-corrected chi connectivity index (χ1v) is 7.96. The molecule has 0 aromatic heterocycles. The summed E-state index contributed by atoms with van der Waals surface area (Å²) in [7, 11) is 0. The third kappa shape index (κ3) is 2.79. The van der Waals surface area contributed by atoms with E-state index in [-0.39, 0.29) is 6.04 Å². The molecule has 0 aliphatic heterocycles. The zero-order chi connectivity index (χ0) is 15.7. The Balaban J connectivity index is 1.85. The molecule has 0 spiro atoms. The first-order valence-electron chi connectivity index (χ1n) is 7.96. The maximum Gasteiger partial charge on any atom is 0.0314 e. The number of rotatable bonds is 2. The Hall–Kier alpha value is -2.06. The van der Waals surface area contributed by atoms with Crippen LogP contribution >= 0.6 is 0 Å². The lowest BCUT2D eigenvalue weighted by Crippen LogP contribution is -2.35. The highest BCUT2D eigenvalue weighted by Gasteiger charge is 2.29. The van der Waals surface area contributed by atoms with Gasteiger partial charge in [-0.05, 0) is 40.7 Å². The molecule has 0 saturated heterocycles. The lowest BCUT2D eigenvalue weighted by Gasteiger charge is -2.34. The summed E-state index contributed by atoms with van der Waals surface area (Å²) in [5.74, 6) is 1.52. The Morgan fingerprint density at radius 2 is 1.27 bits per heavy atom. The summed E-state index contributed by atoms with van der Waals surface area (Å²) >= 11 is 0. The third-order valence-electron chi connectivity index (χ3n) is 5.08. The molecule has 2 heteroatoms. The number of anilines is 1. The minimum Gasteiger partial charge on any atom is -0.399 e. The van der Waals surface area contributed by atoms with Gasteiger partial charge in [-0.2, -0.15) is 0 Å². The summed E-state index contributed by atoms with van der Waals surface area (Å²) in [6, 6.07) is 17.1. The smallest absolute Gasteiger partial charge is 0.0314 e. The van der Waals surface area contributed by atoms with Crippen molar-refractivity contribution in [3.8, 4) is 11.1 Å². The predicted octanol–water partition coefficient (Wildman–Crippen LogP) is 4.19.